The SMILES string of the molecule is O=C(O)CP(=O)(O)OC[C@H]1O[C@@H](n2cc(Br)c(=O)[nH]c2=O)[C@@H](O)[C@@H]1O.[Na].[Na]. The Kier molecular flexibility index (Phi) is 11.4. The molecule has 1 fully saturated rings. The van der Waals surface area contributed by atoms with Crippen molar-refractivity contribution in [3.05, 3.63) is 31.5 Å². The largest absolute Gasteiger partial charge is 0.481 e. The average molecular weight is 491 g/mol. The number of hydrogen-bond donors (Lipinski definition) is 5. The summed E-state index contributed by atoms with van der Waals surface area (Å²) in [4.78, 5) is 44.9. The summed E-state index contributed by atoms with van der Waals surface area (Å²) in [5.74, 6) is -1.55. The van der Waals surface area contributed by atoms with E-state index in [4.69, 9.17) is 9.84 Å². The van der Waals surface area contributed by atoms with Gasteiger partial charge in [0.2, 0.25) is 0 Å². The number of aromatic amines is 1. The van der Waals surface area contributed by atoms with Gasteiger partial charge in [0.1, 0.15) is 24.5 Å². The second kappa shape index (κ2) is 11.2. The molecule has 1 aliphatic rings. The van der Waals surface area contributed by atoms with Gasteiger partial charge in [0.25, 0.3) is 5.56 Å². The van der Waals surface area contributed by atoms with Crippen LogP contribution >= 0.6 is 23.5 Å². The van der Waals surface area contributed by atoms with Crippen molar-refractivity contribution >= 4 is 88.6 Å². The van der Waals surface area contributed by atoms with Crippen LogP contribution in [0.4, 0.5) is 0 Å². The molecule has 16 heteroatoms. The number of carboxylic acids is 1. The molecule has 142 valence electrons. The molecule has 27 heavy (non-hydrogen) atoms. The van der Waals surface area contributed by atoms with Crippen molar-refractivity contribution in [1.82, 2.24) is 9.55 Å². The monoisotopic (exact) mass is 490 g/mol. The summed E-state index contributed by atoms with van der Waals surface area (Å²) in [6.07, 6.45) is -6.01. The number of nitrogens with zero attached hydrogens (tertiary/aromatic N) is 1. The van der Waals surface area contributed by atoms with E-state index in [1.54, 1.807) is 0 Å². The van der Waals surface area contributed by atoms with Crippen LogP contribution in [0, 0.1) is 0 Å². The molecule has 5 atom stereocenters. The topological polar surface area (TPSA) is 188 Å². The Hall–Kier alpha value is 0.660. The van der Waals surface area contributed by atoms with Crippen LogP contribution in [-0.2, 0) is 18.6 Å². The Morgan fingerprint density at radius 2 is 1.93 bits per heavy atom. The smallest absolute Gasteiger partial charge is 0.339 e. The van der Waals surface area contributed by atoms with Gasteiger partial charge in [-0.2, -0.15) is 0 Å². The predicted molar refractivity (Wildman–Crippen MR) is 94.7 cm³/mol. The molecule has 1 saturated heterocycles. The fraction of sp³-hybridized carbons (Fsp3) is 0.545. The van der Waals surface area contributed by atoms with Crippen LogP contribution in [-0.4, -0.2) is 126 Å². The van der Waals surface area contributed by atoms with Crippen LogP contribution in [0.1, 0.15) is 6.23 Å². The Balaban J connectivity index is 0.00000338. The number of aliphatic hydroxyl groups is 2. The number of H-pyrrole nitrogens is 1. The first-order chi connectivity index (χ1) is 11.5. The molecule has 2 radical (unpaired) electrons. The second-order valence-electron chi connectivity index (χ2n) is 5.17. The van der Waals surface area contributed by atoms with E-state index in [9.17, 15) is 34.1 Å². The van der Waals surface area contributed by atoms with E-state index in [-0.39, 0.29) is 63.6 Å². The van der Waals surface area contributed by atoms with Gasteiger partial charge in [-0.3, -0.25) is 23.7 Å². The van der Waals surface area contributed by atoms with Gasteiger partial charge in [-0.05, 0) is 15.9 Å². The van der Waals surface area contributed by atoms with Crippen molar-refractivity contribution < 1.29 is 38.8 Å². The summed E-state index contributed by atoms with van der Waals surface area (Å²) in [6, 6.07) is 0. The third-order valence-electron chi connectivity index (χ3n) is 3.31. The van der Waals surface area contributed by atoms with Crippen molar-refractivity contribution in [2.75, 3.05) is 12.8 Å². The first-order valence-corrected chi connectivity index (χ1v) is 9.28. The Morgan fingerprint density at radius 1 is 1.33 bits per heavy atom. The second-order valence-corrected chi connectivity index (χ2v) is 7.88. The van der Waals surface area contributed by atoms with Crippen LogP contribution < -0.4 is 11.2 Å². The molecule has 0 saturated carbocycles. The van der Waals surface area contributed by atoms with Crippen LogP contribution in [0.25, 0.3) is 0 Å². The zero-order chi connectivity index (χ0) is 18.9. The van der Waals surface area contributed by atoms with Crippen LogP contribution in [0.5, 0.6) is 0 Å². The van der Waals surface area contributed by atoms with Crippen molar-refractivity contribution in [3.8, 4) is 0 Å². The number of rotatable bonds is 6. The molecule has 1 aromatic rings. The number of nitrogens with one attached hydrogen (secondary N) is 1. The van der Waals surface area contributed by atoms with Gasteiger partial charge in [-0.1, -0.05) is 0 Å². The summed E-state index contributed by atoms with van der Waals surface area (Å²) in [7, 11) is -4.46. The first-order valence-electron chi connectivity index (χ1n) is 6.72. The Morgan fingerprint density at radius 3 is 2.48 bits per heavy atom. The van der Waals surface area contributed by atoms with E-state index in [1.807, 2.05) is 4.98 Å². The molecule has 1 unspecified atom stereocenters. The van der Waals surface area contributed by atoms with Gasteiger partial charge < -0.3 is 29.5 Å². The number of aliphatic hydroxyl groups excluding tert-OH is 2. The molecule has 2 rings (SSSR count). The normalized spacial score (nSPS) is 26.5. The van der Waals surface area contributed by atoms with Crippen molar-refractivity contribution in [2.24, 2.45) is 0 Å². The fourth-order valence-corrected chi connectivity index (χ4v) is 3.29. The van der Waals surface area contributed by atoms with E-state index >= 15 is 0 Å². The number of carbonyl (C=O) groups is 1. The quantitative estimate of drug-likeness (QED) is 0.209. The third kappa shape index (κ3) is 7.14. The van der Waals surface area contributed by atoms with E-state index in [2.05, 4.69) is 20.5 Å². The summed E-state index contributed by atoms with van der Waals surface area (Å²) in [5, 5.41) is 28.5. The number of aromatic nitrogens is 2. The van der Waals surface area contributed by atoms with Gasteiger partial charge in [0.15, 0.2) is 6.23 Å². The molecule has 2 heterocycles. The number of carboxylic acid groups (broad SMARTS) is 1. The molecule has 1 aliphatic heterocycles. The summed E-state index contributed by atoms with van der Waals surface area (Å²) >= 11 is 2.90. The van der Waals surface area contributed by atoms with E-state index in [1.165, 1.54) is 0 Å². The molecule has 12 nitrogen and oxygen atoms in total. The fourth-order valence-electron chi connectivity index (χ4n) is 2.15. The summed E-state index contributed by atoms with van der Waals surface area (Å²) in [5.41, 5.74) is -1.62. The zero-order valence-electron chi connectivity index (χ0n) is 14.3. The Bertz CT molecular complexity index is 832. The molecule has 0 spiro atoms. The van der Waals surface area contributed by atoms with Gasteiger partial charge in [-0.15, -0.1) is 0 Å². The molecule has 0 aliphatic carbocycles. The molecular formula is C11H14BrN2Na2O10P. The van der Waals surface area contributed by atoms with Crippen LogP contribution in [0.3, 0.4) is 0 Å². The van der Waals surface area contributed by atoms with Crippen molar-refractivity contribution in [3.63, 3.8) is 0 Å². The van der Waals surface area contributed by atoms with Gasteiger partial charge in [0, 0.05) is 65.3 Å². The number of aliphatic carboxylic acids is 1. The molecule has 5 N–H and O–H groups in total. The molecular weight excluding hydrogens is 477 g/mol. The van der Waals surface area contributed by atoms with Crippen molar-refractivity contribution in [2.45, 2.75) is 24.5 Å². The van der Waals surface area contributed by atoms with Gasteiger partial charge in [-0.25, -0.2) is 4.79 Å². The zero-order valence-corrected chi connectivity index (χ0v) is 20.8. The minimum absolute atomic E-state index is 0. The maximum Gasteiger partial charge on any atom is 0.339 e. The minimum Gasteiger partial charge on any atom is -0.481 e. The number of hydrogen-bond acceptors (Lipinski definition) is 8. The molecule has 0 aromatic carbocycles. The molecule has 0 bridgehead atoms. The van der Waals surface area contributed by atoms with Crippen LogP contribution in [0.15, 0.2) is 20.3 Å². The maximum absolute atomic E-state index is 11.8. The Labute approximate surface area is 204 Å². The van der Waals surface area contributed by atoms with Crippen molar-refractivity contribution in [1.29, 1.82) is 0 Å². The molecule has 1 aromatic heterocycles. The van der Waals surface area contributed by atoms with Gasteiger partial charge in [0.05, 0.1) is 11.1 Å². The number of halogens is 1. The summed E-state index contributed by atoms with van der Waals surface area (Å²) < 4.78 is 22.1. The molecule has 0 amide bonds. The maximum atomic E-state index is 11.8. The van der Waals surface area contributed by atoms with E-state index in [0.29, 0.717) is 0 Å². The first kappa shape index (κ1) is 27.7. The summed E-state index contributed by atoms with van der Waals surface area (Å²) in [6.45, 7) is -0.699. The third-order valence-corrected chi connectivity index (χ3v) is 5.10. The van der Waals surface area contributed by atoms with E-state index < -0.39 is 62.1 Å². The van der Waals surface area contributed by atoms with Gasteiger partial charge >= 0.3 is 19.3 Å². The number of ether oxygens (including phenoxy) is 1. The predicted octanol–water partition coefficient (Wildman–Crippen LogP) is -2.56. The van der Waals surface area contributed by atoms with Crippen LogP contribution in [0.2, 0.25) is 0 Å². The average Bonchev–Trinajstić information content (AvgIpc) is 2.76. The minimum atomic E-state index is -4.46. The standard InChI is InChI=1S/C11H14BrN2O10P.2Na/c12-4-1-14(11(20)13-9(4)19)10-8(18)7(17)5(24-10)2-23-25(21,22)3-6(15)16;;/h1,5,7-8,10,17-18H,2-3H2,(H,15,16)(H,21,22)(H,13,19,20);;/t5-,7-,8+,10-;;/m1../s1. The van der Waals surface area contributed by atoms with E-state index in [0.717, 1.165) is 10.8 Å².